The maximum Gasteiger partial charge on any atom is 0.229 e. The number of nitrogens with zero attached hydrogens (tertiary/aromatic N) is 1. The fourth-order valence-electron chi connectivity index (χ4n) is 3.02. The van der Waals surface area contributed by atoms with Gasteiger partial charge >= 0.3 is 0 Å². The maximum atomic E-state index is 12.4. The number of benzene rings is 1. The summed E-state index contributed by atoms with van der Waals surface area (Å²) in [6, 6.07) is 8.46. The molecule has 2 aliphatic rings. The second-order valence-electron chi connectivity index (χ2n) is 6.53. The van der Waals surface area contributed by atoms with Crippen LogP contribution < -0.4 is 5.73 Å². The highest BCUT2D eigenvalue weighted by Gasteiger charge is 2.37. The van der Waals surface area contributed by atoms with Crippen LogP contribution in [0.3, 0.4) is 0 Å². The molecular formula is C17H24N2O. The van der Waals surface area contributed by atoms with Gasteiger partial charge in [0, 0.05) is 18.6 Å². The summed E-state index contributed by atoms with van der Waals surface area (Å²) < 4.78 is 0. The van der Waals surface area contributed by atoms with Crippen LogP contribution in [0.1, 0.15) is 49.7 Å². The molecule has 1 saturated carbocycles. The molecule has 0 radical (unpaired) electrons. The zero-order chi connectivity index (χ0) is 14.2. The molecule has 1 heterocycles. The van der Waals surface area contributed by atoms with Crippen LogP contribution in [0.2, 0.25) is 0 Å². The molecule has 3 rings (SSSR count). The molecule has 0 aromatic heterocycles. The minimum Gasteiger partial charge on any atom is -0.342 e. The Labute approximate surface area is 121 Å². The van der Waals surface area contributed by atoms with Crippen LogP contribution >= 0.6 is 0 Å². The van der Waals surface area contributed by atoms with Crippen LogP contribution in [0.25, 0.3) is 0 Å². The Hall–Kier alpha value is -1.35. The van der Waals surface area contributed by atoms with Crippen molar-refractivity contribution in [3.63, 3.8) is 0 Å². The summed E-state index contributed by atoms with van der Waals surface area (Å²) in [4.78, 5) is 14.4. The zero-order valence-electron chi connectivity index (χ0n) is 12.3. The second-order valence-corrected chi connectivity index (χ2v) is 6.53. The van der Waals surface area contributed by atoms with Crippen molar-refractivity contribution < 1.29 is 4.79 Å². The molecule has 2 N–H and O–H groups in total. The first kappa shape index (κ1) is 13.6. The molecule has 0 bridgehead atoms. The van der Waals surface area contributed by atoms with Crippen molar-refractivity contribution in [3.8, 4) is 0 Å². The van der Waals surface area contributed by atoms with Gasteiger partial charge in [-0.1, -0.05) is 24.3 Å². The van der Waals surface area contributed by atoms with E-state index in [0.717, 1.165) is 50.8 Å². The van der Waals surface area contributed by atoms with Gasteiger partial charge < -0.3 is 10.6 Å². The number of likely N-dealkylation sites (tertiary alicyclic amines) is 1. The van der Waals surface area contributed by atoms with Crippen molar-refractivity contribution in [2.75, 3.05) is 13.1 Å². The molecule has 1 atom stereocenters. The third-order valence-corrected chi connectivity index (χ3v) is 4.72. The molecule has 1 saturated heterocycles. The lowest BCUT2D eigenvalue weighted by molar-refractivity contribution is -0.131. The third-order valence-electron chi connectivity index (χ3n) is 4.72. The number of carbonyl (C=O) groups is 1. The van der Waals surface area contributed by atoms with Gasteiger partial charge in [0.25, 0.3) is 0 Å². The van der Waals surface area contributed by atoms with Crippen molar-refractivity contribution in [1.29, 1.82) is 0 Å². The van der Waals surface area contributed by atoms with Crippen molar-refractivity contribution in [1.82, 2.24) is 4.90 Å². The molecule has 3 nitrogen and oxygen atoms in total. The molecular weight excluding hydrogens is 248 g/mol. The number of rotatable bonds is 4. The van der Waals surface area contributed by atoms with E-state index in [1.165, 1.54) is 5.56 Å². The van der Waals surface area contributed by atoms with Crippen LogP contribution in [0, 0.1) is 0 Å². The number of carbonyl (C=O) groups excluding carboxylic acids is 1. The van der Waals surface area contributed by atoms with Crippen LogP contribution in [0.15, 0.2) is 24.3 Å². The van der Waals surface area contributed by atoms with Crippen LogP contribution in [0.4, 0.5) is 0 Å². The SMILES string of the molecule is CC(C(=O)N1CCCC1)c1ccc(CC2(N)CC2)cc1. The van der Waals surface area contributed by atoms with E-state index in [1.54, 1.807) is 0 Å². The number of hydrogen-bond acceptors (Lipinski definition) is 2. The average Bonchev–Trinajstić information content (AvgIpc) is 2.96. The topological polar surface area (TPSA) is 46.3 Å². The summed E-state index contributed by atoms with van der Waals surface area (Å²) in [7, 11) is 0. The Morgan fingerprint density at radius 3 is 2.40 bits per heavy atom. The summed E-state index contributed by atoms with van der Waals surface area (Å²) in [5.41, 5.74) is 8.61. The highest BCUT2D eigenvalue weighted by Crippen LogP contribution is 2.35. The lowest BCUT2D eigenvalue weighted by atomic mass is 9.96. The summed E-state index contributed by atoms with van der Waals surface area (Å²) >= 11 is 0. The smallest absolute Gasteiger partial charge is 0.229 e. The lowest BCUT2D eigenvalue weighted by Crippen LogP contribution is -2.31. The molecule has 0 spiro atoms. The molecule has 3 heteroatoms. The minimum absolute atomic E-state index is 0.0325. The summed E-state index contributed by atoms with van der Waals surface area (Å²) in [5, 5.41) is 0. The van der Waals surface area contributed by atoms with Gasteiger partial charge in [-0.2, -0.15) is 0 Å². The first-order chi connectivity index (χ1) is 9.57. The van der Waals surface area contributed by atoms with E-state index in [-0.39, 0.29) is 17.4 Å². The molecule has 1 aromatic rings. The normalized spacial score (nSPS) is 21.8. The Kier molecular flexibility index (Phi) is 3.55. The molecule has 1 aliphatic heterocycles. The maximum absolute atomic E-state index is 12.4. The Morgan fingerprint density at radius 2 is 1.85 bits per heavy atom. The van der Waals surface area contributed by atoms with Gasteiger partial charge in [-0.15, -0.1) is 0 Å². The van der Waals surface area contributed by atoms with E-state index in [4.69, 9.17) is 5.73 Å². The molecule has 2 fully saturated rings. The monoisotopic (exact) mass is 272 g/mol. The lowest BCUT2D eigenvalue weighted by Gasteiger charge is -2.20. The van der Waals surface area contributed by atoms with Crippen molar-refractivity contribution >= 4 is 5.91 Å². The number of nitrogens with two attached hydrogens (primary N) is 1. The summed E-state index contributed by atoms with van der Waals surface area (Å²) in [6.45, 7) is 3.87. The van der Waals surface area contributed by atoms with Gasteiger partial charge in [0.15, 0.2) is 0 Å². The molecule has 20 heavy (non-hydrogen) atoms. The fourth-order valence-corrected chi connectivity index (χ4v) is 3.02. The van der Waals surface area contributed by atoms with Gasteiger partial charge in [-0.25, -0.2) is 0 Å². The van der Waals surface area contributed by atoms with Gasteiger partial charge in [0.2, 0.25) is 5.91 Å². The first-order valence-electron chi connectivity index (χ1n) is 7.74. The molecule has 1 amide bonds. The quantitative estimate of drug-likeness (QED) is 0.915. The molecule has 108 valence electrons. The predicted molar refractivity (Wildman–Crippen MR) is 80.5 cm³/mol. The van der Waals surface area contributed by atoms with E-state index < -0.39 is 0 Å². The molecule has 1 aromatic carbocycles. The van der Waals surface area contributed by atoms with E-state index >= 15 is 0 Å². The highest BCUT2D eigenvalue weighted by atomic mass is 16.2. The third kappa shape index (κ3) is 2.88. The largest absolute Gasteiger partial charge is 0.342 e. The average molecular weight is 272 g/mol. The van der Waals surface area contributed by atoms with Crippen LogP contribution in [0.5, 0.6) is 0 Å². The van der Waals surface area contributed by atoms with Crippen molar-refractivity contribution in [2.45, 2.75) is 50.5 Å². The van der Waals surface area contributed by atoms with E-state index in [1.807, 2.05) is 11.8 Å². The van der Waals surface area contributed by atoms with Gasteiger partial charge in [-0.05, 0) is 50.2 Å². The highest BCUT2D eigenvalue weighted by molar-refractivity contribution is 5.83. The van der Waals surface area contributed by atoms with E-state index in [0.29, 0.717) is 0 Å². The Balaban J connectivity index is 1.65. The van der Waals surface area contributed by atoms with E-state index in [2.05, 4.69) is 24.3 Å². The summed E-state index contributed by atoms with van der Waals surface area (Å²) in [5.74, 6) is 0.239. The summed E-state index contributed by atoms with van der Waals surface area (Å²) in [6.07, 6.45) is 5.53. The Morgan fingerprint density at radius 1 is 1.25 bits per heavy atom. The number of amides is 1. The molecule has 1 unspecified atom stereocenters. The predicted octanol–water partition coefficient (Wildman–Crippen LogP) is 2.45. The standard InChI is InChI=1S/C17H24N2O/c1-13(16(20)19-10-2-3-11-19)15-6-4-14(5-7-15)12-17(18)8-9-17/h4-7,13H,2-3,8-12,18H2,1H3. The molecule has 1 aliphatic carbocycles. The van der Waals surface area contributed by atoms with Crippen molar-refractivity contribution in [3.05, 3.63) is 35.4 Å². The first-order valence-corrected chi connectivity index (χ1v) is 7.74. The van der Waals surface area contributed by atoms with Crippen LogP contribution in [-0.2, 0) is 11.2 Å². The van der Waals surface area contributed by atoms with Crippen molar-refractivity contribution in [2.24, 2.45) is 5.73 Å². The van der Waals surface area contributed by atoms with Crippen LogP contribution in [-0.4, -0.2) is 29.4 Å². The minimum atomic E-state index is -0.0325. The van der Waals surface area contributed by atoms with Gasteiger partial charge in [0.05, 0.1) is 5.92 Å². The zero-order valence-corrected chi connectivity index (χ0v) is 12.3. The second kappa shape index (κ2) is 5.21. The van der Waals surface area contributed by atoms with E-state index in [9.17, 15) is 4.79 Å². The Bertz CT molecular complexity index is 484. The van der Waals surface area contributed by atoms with Gasteiger partial charge in [-0.3, -0.25) is 4.79 Å². The fraction of sp³-hybridized carbons (Fsp3) is 0.588. The van der Waals surface area contributed by atoms with Gasteiger partial charge in [0.1, 0.15) is 0 Å². The number of hydrogen-bond donors (Lipinski definition) is 1.